The van der Waals surface area contributed by atoms with Crippen LogP contribution in [-0.4, -0.2) is 59.8 Å². The quantitative estimate of drug-likeness (QED) is 0.596. The molecule has 0 N–H and O–H groups in total. The number of carbonyl (C=O) groups excluding carboxylic acids is 2. The minimum Gasteiger partial charge on any atom is -0.444 e. The molecule has 32 heavy (non-hydrogen) atoms. The van der Waals surface area contributed by atoms with Gasteiger partial charge in [0.1, 0.15) is 5.60 Å². The van der Waals surface area contributed by atoms with Crippen LogP contribution in [0.4, 0.5) is 4.79 Å². The first-order valence-corrected chi connectivity index (χ1v) is 12.6. The van der Waals surface area contributed by atoms with Crippen molar-refractivity contribution in [3.63, 3.8) is 0 Å². The summed E-state index contributed by atoms with van der Waals surface area (Å²) in [6.45, 7) is 6.46. The first-order chi connectivity index (χ1) is 15.0. The van der Waals surface area contributed by atoms with Gasteiger partial charge in [-0.1, -0.05) is 15.9 Å². The molecule has 3 rings (SSSR count). The highest BCUT2D eigenvalue weighted by atomic mass is 79.9. The summed E-state index contributed by atoms with van der Waals surface area (Å²) in [5, 5.41) is 0. The molecule has 0 aliphatic carbocycles. The second kappa shape index (κ2) is 9.66. The summed E-state index contributed by atoms with van der Waals surface area (Å²) in [5.74, 6) is -0.373. The van der Waals surface area contributed by atoms with E-state index in [2.05, 4.69) is 15.9 Å². The largest absolute Gasteiger partial charge is 0.444 e. The predicted octanol–water partition coefficient (Wildman–Crippen LogP) is 3.91. The van der Waals surface area contributed by atoms with E-state index in [1.54, 1.807) is 29.3 Å². The third kappa shape index (κ3) is 5.92. The van der Waals surface area contributed by atoms with Gasteiger partial charge in [0.05, 0.1) is 11.4 Å². The van der Waals surface area contributed by atoms with Gasteiger partial charge in [-0.05, 0) is 64.0 Å². The fraction of sp³-hybridized carbons (Fsp3) is 0.455. The zero-order chi connectivity index (χ0) is 23.5. The number of piperidine rings is 1. The van der Waals surface area contributed by atoms with E-state index in [-0.39, 0.29) is 29.4 Å². The van der Waals surface area contributed by atoms with Crippen LogP contribution in [-0.2, 0) is 19.6 Å². The van der Waals surface area contributed by atoms with Crippen LogP contribution in [0.1, 0.15) is 33.6 Å². The number of likely N-dealkylation sites (tertiary alicyclic amines) is 1. The molecule has 0 atom stereocenters. The molecule has 1 fully saturated rings. The van der Waals surface area contributed by atoms with Crippen molar-refractivity contribution in [3.05, 3.63) is 53.4 Å². The molecule has 174 valence electrons. The molecule has 0 aromatic heterocycles. The average Bonchev–Trinajstić information content (AvgIpc) is 2.99. The van der Waals surface area contributed by atoms with Gasteiger partial charge in [0, 0.05) is 42.1 Å². The Labute approximate surface area is 197 Å². The van der Waals surface area contributed by atoms with Gasteiger partial charge in [-0.3, -0.25) is 14.0 Å². The Morgan fingerprint density at radius 3 is 2.25 bits per heavy atom. The highest BCUT2D eigenvalue weighted by molar-refractivity contribution is 9.10. The third-order valence-electron chi connectivity index (χ3n) is 5.12. The SMILES string of the molecule is CC(C)(C)OC(=O)N1CCC(C(=O)N2C=CCN(S(=O)(=O)c3ccc(Br)cc3)C=C2)CC1. The van der Waals surface area contributed by atoms with E-state index in [4.69, 9.17) is 4.74 Å². The van der Waals surface area contributed by atoms with Gasteiger partial charge in [-0.15, -0.1) is 0 Å². The Morgan fingerprint density at radius 1 is 1.03 bits per heavy atom. The molecule has 0 radical (unpaired) electrons. The summed E-state index contributed by atoms with van der Waals surface area (Å²) in [4.78, 5) is 28.4. The van der Waals surface area contributed by atoms with Crippen LogP contribution in [0.15, 0.2) is 58.3 Å². The molecule has 2 aliphatic heterocycles. The molecule has 0 unspecified atom stereocenters. The van der Waals surface area contributed by atoms with Crippen molar-refractivity contribution in [2.75, 3.05) is 19.6 Å². The van der Waals surface area contributed by atoms with Gasteiger partial charge in [0.15, 0.2) is 0 Å². The Bertz CT molecular complexity index is 1010. The second-order valence-corrected chi connectivity index (χ2v) is 11.5. The van der Waals surface area contributed by atoms with Gasteiger partial charge in [0.25, 0.3) is 10.0 Å². The van der Waals surface area contributed by atoms with Gasteiger partial charge < -0.3 is 9.64 Å². The molecule has 1 saturated heterocycles. The van der Waals surface area contributed by atoms with Crippen LogP contribution in [0, 0.1) is 5.92 Å². The van der Waals surface area contributed by atoms with Crippen LogP contribution in [0.5, 0.6) is 0 Å². The molecule has 2 amide bonds. The lowest BCUT2D eigenvalue weighted by Gasteiger charge is -2.33. The fourth-order valence-electron chi connectivity index (χ4n) is 3.43. The summed E-state index contributed by atoms with van der Waals surface area (Å²) in [6, 6.07) is 6.40. The molecule has 0 saturated carbocycles. The summed E-state index contributed by atoms with van der Waals surface area (Å²) in [5.41, 5.74) is -0.562. The first-order valence-electron chi connectivity index (χ1n) is 10.4. The minimum atomic E-state index is -3.73. The standard InChI is InChI=1S/C22H28BrN3O5S/c1-22(2,3)31-21(28)25-13-9-17(10-14-25)20(27)24-11-4-12-26(16-15-24)32(29,30)19-7-5-18(23)6-8-19/h4-8,11,15-17H,9-10,12-14H2,1-3H3. The number of ether oxygens (including phenoxy) is 1. The predicted molar refractivity (Wildman–Crippen MR) is 124 cm³/mol. The fourth-order valence-corrected chi connectivity index (χ4v) is 4.95. The first kappa shape index (κ1) is 24.3. The van der Waals surface area contributed by atoms with Crippen LogP contribution in [0.2, 0.25) is 0 Å². The monoisotopic (exact) mass is 525 g/mol. The number of hydrogen-bond acceptors (Lipinski definition) is 5. The van der Waals surface area contributed by atoms with Gasteiger partial charge in [-0.2, -0.15) is 0 Å². The lowest BCUT2D eigenvalue weighted by molar-refractivity contribution is -0.132. The number of rotatable bonds is 3. The van der Waals surface area contributed by atoms with Crippen molar-refractivity contribution in [3.8, 4) is 0 Å². The second-order valence-electron chi connectivity index (χ2n) is 8.70. The summed E-state index contributed by atoms with van der Waals surface area (Å²) in [7, 11) is -3.73. The molecule has 0 bridgehead atoms. The van der Waals surface area contributed by atoms with Gasteiger partial charge in [-0.25, -0.2) is 13.2 Å². The van der Waals surface area contributed by atoms with E-state index in [1.807, 2.05) is 20.8 Å². The van der Waals surface area contributed by atoms with E-state index in [0.29, 0.717) is 25.9 Å². The number of sulfonamides is 1. The summed E-state index contributed by atoms with van der Waals surface area (Å²) < 4.78 is 33.2. The Balaban J connectivity index is 1.62. The molecule has 10 heteroatoms. The highest BCUT2D eigenvalue weighted by Gasteiger charge is 2.32. The van der Waals surface area contributed by atoms with Crippen molar-refractivity contribution in [1.29, 1.82) is 0 Å². The van der Waals surface area contributed by atoms with Gasteiger partial charge in [0.2, 0.25) is 5.91 Å². The van der Waals surface area contributed by atoms with Crippen molar-refractivity contribution < 1.29 is 22.7 Å². The zero-order valence-corrected chi connectivity index (χ0v) is 20.8. The normalized spacial score (nSPS) is 17.9. The zero-order valence-electron chi connectivity index (χ0n) is 18.4. The molecule has 1 aromatic rings. The molecular formula is C22H28BrN3O5S. The molecule has 2 heterocycles. The number of amides is 2. The van der Waals surface area contributed by atoms with Crippen molar-refractivity contribution in [2.45, 2.75) is 44.1 Å². The van der Waals surface area contributed by atoms with Crippen molar-refractivity contribution >= 4 is 38.0 Å². The van der Waals surface area contributed by atoms with Crippen LogP contribution >= 0.6 is 15.9 Å². The van der Waals surface area contributed by atoms with E-state index in [1.165, 1.54) is 33.7 Å². The Morgan fingerprint density at radius 2 is 1.66 bits per heavy atom. The summed E-state index contributed by atoms with van der Waals surface area (Å²) in [6.07, 6.45) is 6.80. The van der Waals surface area contributed by atoms with E-state index in [9.17, 15) is 18.0 Å². The maximum atomic E-state index is 13.0. The number of benzene rings is 1. The maximum absolute atomic E-state index is 13.0. The van der Waals surface area contributed by atoms with Gasteiger partial charge >= 0.3 is 6.09 Å². The average molecular weight is 526 g/mol. The summed E-state index contributed by atoms with van der Waals surface area (Å²) >= 11 is 3.30. The van der Waals surface area contributed by atoms with Crippen LogP contribution < -0.4 is 0 Å². The molecular weight excluding hydrogens is 498 g/mol. The molecule has 0 spiro atoms. The lowest BCUT2D eigenvalue weighted by atomic mass is 9.95. The minimum absolute atomic E-state index is 0.121. The third-order valence-corrected chi connectivity index (χ3v) is 7.40. The van der Waals surface area contributed by atoms with E-state index >= 15 is 0 Å². The van der Waals surface area contributed by atoms with E-state index < -0.39 is 15.6 Å². The highest BCUT2D eigenvalue weighted by Crippen LogP contribution is 2.24. The lowest BCUT2D eigenvalue weighted by Crippen LogP contribution is -2.44. The topological polar surface area (TPSA) is 87.2 Å². The Hall–Kier alpha value is -2.33. The Kier molecular flexibility index (Phi) is 7.34. The van der Waals surface area contributed by atoms with Crippen LogP contribution in [0.3, 0.4) is 0 Å². The molecule has 2 aliphatic rings. The maximum Gasteiger partial charge on any atom is 0.410 e. The molecule has 8 nitrogen and oxygen atoms in total. The number of nitrogens with zero attached hydrogens (tertiary/aromatic N) is 3. The smallest absolute Gasteiger partial charge is 0.410 e. The van der Waals surface area contributed by atoms with Crippen molar-refractivity contribution in [1.82, 2.24) is 14.1 Å². The number of halogens is 1. The number of hydrogen-bond donors (Lipinski definition) is 0. The van der Waals surface area contributed by atoms with Crippen molar-refractivity contribution in [2.24, 2.45) is 5.92 Å². The van der Waals surface area contributed by atoms with E-state index in [0.717, 1.165) is 4.47 Å². The van der Waals surface area contributed by atoms with Crippen LogP contribution in [0.25, 0.3) is 0 Å². The molecule has 1 aromatic carbocycles. The number of carbonyl (C=O) groups is 2.